The topological polar surface area (TPSA) is 104 Å². The van der Waals surface area contributed by atoms with Crippen molar-refractivity contribution in [3.05, 3.63) is 66.0 Å². The van der Waals surface area contributed by atoms with Crippen LogP contribution in [0.5, 0.6) is 11.5 Å². The van der Waals surface area contributed by atoms with Gasteiger partial charge in [0.05, 0.1) is 32.6 Å². The number of aromatic nitrogens is 2. The molecule has 2 amide bonds. The second-order valence-corrected chi connectivity index (χ2v) is 6.84. The smallest absolute Gasteiger partial charge is 0.358 e. The highest BCUT2D eigenvalue weighted by Crippen LogP contribution is 2.29. The molecule has 0 fully saturated rings. The van der Waals surface area contributed by atoms with Gasteiger partial charge in [0.25, 0.3) is 0 Å². The lowest BCUT2D eigenvalue weighted by Crippen LogP contribution is -2.31. The van der Waals surface area contributed by atoms with E-state index in [-0.39, 0.29) is 24.4 Å². The first-order valence-electron chi connectivity index (χ1n) is 10.1. The zero-order valence-corrected chi connectivity index (χ0v) is 18.4. The van der Waals surface area contributed by atoms with Crippen LogP contribution in [-0.2, 0) is 4.74 Å². The van der Waals surface area contributed by atoms with Crippen LogP contribution in [0.3, 0.4) is 0 Å². The maximum Gasteiger partial charge on any atom is 0.358 e. The molecule has 3 rings (SSSR count). The molecule has 2 aromatic carbocycles. The zero-order valence-electron chi connectivity index (χ0n) is 18.4. The number of rotatable bonds is 8. The fourth-order valence-electron chi connectivity index (χ4n) is 3.13. The van der Waals surface area contributed by atoms with Gasteiger partial charge in [-0.25, -0.2) is 14.3 Å². The Morgan fingerprint density at radius 3 is 2.62 bits per heavy atom. The third-order valence-corrected chi connectivity index (χ3v) is 4.69. The lowest BCUT2D eigenvalue weighted by molar-refractivity contribution is 0.0519. The van der Waals surface area contributed by atoms with Crippen LogP contribution in [-0.4, -0.2) is 42.6 Å². The fraction of sp³-hybridized carbons (Fsp3) is 0.261. The Labute approximate surface area is 186 Å². The molecule has 0 aliphatic rings. The van der Waals surface area contributed by atoms with E-state index in [0.717, 1.165) is 5.56 Å². The van der Waals surface area contributed by atoms with Crippen LogP contribution in [0, 0.1) is 0 Å². The largest absolute Gasteiger partial charge is 0.497 e. The van der Waals surface area contributed by atoms with Gasteiger partial charge in [-0.1, -0.05) is 6.07 Å². The second-order valence-electron chi connectivity index (χ2n) is 6.84. The Hall–Kier alpha value is -4.01. The van der Waals surface area contributed by atoms with Crippen molar-refractivity contribution in [3.8, 4) is 17.2 Å². The molecule has 2 N–H and O–H groups in total. The molecule has 1 aromatic heterocycles. The quantitative estimate of drug-likeness (QED) is 0.516. The molecule has 1 unspecified atom stereocenters. The van der Waals surface area contributed by atoms with E-state index in [4.69, 9.17) is 14.2 Å². The third kappa shape index (κ3) is 5.37. The number of hydrogen-bond donors (Lipinski definition) is 2. The summed E-state index contributed by atoms with van der Waals surface area (Å²) in [6, 6.07) is 13.4. The van der Waals surface area contributed by atoms with Crippen LogP contribution in [0.25, 0.3) is 5.69 Å². The van der Waals surface area contributed by atoms with Gasteiger partial charge in [-0.3, -0.25) is 0 Å². The molecule has 9 nitrogen and oxygen atoms in total. The summed E-state index contributed by atoms with van der Waals surface area (Å²) < 4.78 is 17.2. The number of anilines is 1. The summed E-state index contributed by atoms with van der Waals surface area (Å²) in [5.41, 5.74) is 2.25. The van der Waals surface area contributed by atoms with Gasteiger partial charge < -0.3 is 24.8 Å². The molecule has 0 saturated heterocycles. The van der Waals surface area contributed by atoms with E-state index in [0.29, 0.717) is 22.9 Å². The molecule has 0 saturated carbocycles. The van der Waals surface area contributed by atoms with Gasteiger partial charge in [-0.05, 0) is 56.3 Å². The number of benzene rings is 2. The van der Waals surface area contributed by atoms with Crippen molar-refractivity contribution in [1.82, 2.24) is 15.1 Å². The minimum atomic E-state index is -0.484. The Balaban J connectivity index is 1.69. The van der Waals surface area contributed by atoms with Crippen molar-refractivity contribution < 1.29 is 23.8 Å². The highest BCUT2D eigenvalue weighted by atomic mass is 16.5. The molecule has 0 spiro atoms. The molecule has 0 aliphatic carbocycles. The van der Waals surface area contributed by atoms with Crippen molar-refractivity contribution in [2.75, 3.05) is 26.1 Å². The number of carbonyl (C=O) groups is 2. The highest BCUT2D eigenvalue weighted by molar-refractivity contribution is 5.90. The lowest BCUT2D eigenvalue weighted by Gasteiger charge is -2.18. The number of nitrogens with zero attached hydrogens (tertiary/aromatic N) is 2. The molecular formula is C23H26N4O5. The zero-order chi connectivity index (χ0) is 23.1. The van der Waals surface area contributed by atoms with Crippen LogP contribution in [0.15, 0.2) is 54.7 Å². The molecule has 168 valence electrons. The first kappa shape index (κ1) is 22.7. The Bertz CT molecular complexity index is 1100. The van der Waals surface area contributed by atoms with E-state index < -0.39 is 5.97 Å². The molecule has 3 aromatic rings. The number of urea groups is 1. The fourth-order valence-corrected chi connectivity index (χ4v) is 3.13. The SMILES string of the molecule is CCOC(=O)c1ccn(-c2cccc(NC(=O)NC(C)c3cc(OC)ccc3OC)c2)n1. The second kappa shape index (κ2) is 10.3. The number of methoxy groups -OCH3 is 2. The van der Waals surface area contributed by atoms with Gasteiger partial charge in [-0.15, -0.1) is 0 Å². The van der Waals surface area contributed by atoms with Crippen LogP contribution in [0.2, 0.25) is 0 Å². The van der Waals surface area contributed by atoms with Crippen molar-refractivity contribution in [2.24, 2.45) is 0 Å². The van der Waals surface area contributed by atoms with E-state index in [1.54, 1.807) is 68.4 Å². The van der Waals surface area contributed by atoms with Gasteiger partial charge in [0.1, 0.15) is 11.5 Å². The van der Waals surface area contributed by atoms with Crippen LogP contribution in [0.1, 0.15) is 35.9 Å². The minimum Gasteiger partial charge on any atom is -0.497 e. The van der Waals surface area contributed by atoms with E-state index in [9.17, 15) is 9.59 Å². The average Bonchev–Trinajstić information content (AvgIpc) is 3.29. The predicted molar refractivity (Wildman–Crippen MR) is 120 cm³/mol. The van der Waals surface area contributed by atoms with E-state index in [2.05, 4.69) is 15.7 Å². The molecule has 0 bridgehead atoms. The summed E-state index contributed by atoms with van der Waals surface area (Å²) in [5.74, 6) is 0.836. The van der Waals surface area contributed by atoms with Crippen molar-refractivity contribution >= 4 is 17.7 Å². The summed E-state index contributed by atoms with van der Waals surface area (Å²) in [6.45, 7) is 3.87. The van der Waals surface area contributed by atoms with Crippen LogP contribution >= 0.6 is 0 Å². The molecule has 0 radical (unpaired) electrons. The summed E-state index contributed by atoms with van der Waals surface area (Å²) in [5, 5.41) is 9.94. The van der Waals surface area contributed by atoms with Gasteiger partial charge in [0.15, 0.2) is 5.69 Å². The molecule has 1 heterocycles. The Kier molecular flexibility index (Phi) is 7.33. The summed E-state index contributed by atoms with van der Waals surface area (Å²) in [6.07, 6.45) is 1.66. The van der Waals surface area contributed by atoms with Gasteiger partial charge in [0.2, 0.25) is 0 Å². The molecule has 9 heteroatoms. The third-order valence-electron chi connectivity index (χ3n) is 4.69. The Morgan fingerprint density at radius 1 is 1.09 bits per heavy atom. The standard InChI is InChI=1S/C23H26N4O5/c1-5-32-22(28)20-11-12-27(26-20)17-8-6-7-16(13-17)25-23(29)24-15(2)19-14-18(30-3)9-10-21(19)31-4/h6-15H,5H2,1-4H3,(H2,24,25,29). The van der Waals surface area contributed by atoms with E-state index in [1.807, 2.05) is 19.1 Å². The van der Waals surface area contributed by atoms with Gasteiger partial charge in [-0.2, -0.15) is 5.10 Å². The maximum atomic E-state index is 12.6. The molecular weight excluding hydrogens is 412 g/mol. The maximum absolute atomic E-state index is 12.6. The number of amides is 2. The van der Waals surface area contributed by atoms with Crippen molar-refractivity contribution in [2.45, 2.75) is 19.9 Å². The summed E-state index contributed by atoms with van der Waals surface area (Å²) in [4.78, 5) is 24.4. The number of ether oxygens (including phenoxy) is 3. The Morgan fingerprint density at radius 2 is 1.91 bits per heavy atom. The minimum absolute atomic E-state index is 0.212. The molecule has 32 heavy (non-hydrogen) atoms. The van der Waals surface area contributed by atoms with Gasteiger partial charge in [0, 0.05) is 17.4 Å². The first-order chi connectivity index (χ1) is 15.4. The van der Waals surface area contributed by atoms with Crippen LogP contribution < -0.4 is 20.1 Å². The van der Waals surface area contributed by atoms with Gasteiger partial charge >= 0.3 is 12.0 Å². The molecule has 1 atom stereocenters. The monoisotopic (exact) mass is 438 g/mol. The number of esters is 1. The lowest BCUT2D eigenvalue weighted by atomic mass is 10.1. The average molecular weight is 438 g/mol. The predicted octanol–water partition coefficient (Wildman–Crippen LogP) is 3.95. The van der Waals surface area contributed by atoms with Crippen molar-refractivity contribution in [1.29, 1.82) is 0 Å². The van der Waals surface area contributed by atoms with Crippen LogP contribution in [0.4, 0.5) is 10.5 Å². The first-order valence-corrected chi connectivity index (χ1v) is 10.1. The molecule has 0 aliphatic heterocycles. The van der Waals surface area contributed by atoms with E-state index in [1.165, 1.54) is 0 Å². The number of nitrogens with one attached hydrogen (secondary N) is 2. The number of carbonyl (C=O) groups excluding carboxylic acids is 2. The summed E-state index contributed by atoms with van der Waals surface area (Å²) in [7, 11) is 3.16. The normalized spacial score (nSPS) is 11.4. The van der Waals surface area contributed by atoms with Crippen molar-refractivity contribution in [3.63, 3.8) is 0 Å². The number of hydrogen-bond acceptors (Lipinski definition) is 6. The van der Waals surface area contributed by atoms with E-state index >= 15 is 0 Å². The highest BCUT2D eigenvalue weighted by Gasteiger charge is 2.16. The summed E-state index contributed by atoms with van der Waals surface area (Å²) >= 11 is 0.